The van der Waals surface area contributed by atoms with E-state index < -0.39 is 6.09 Å². The fourth-order valence-electron chi connectivity index (χ4n) is 1.33. The lowest BCUT2D eigenvalue weighted by atomic mass is 10.3. The molecule has 16 heavy (non-hydrogen) atoms. The second-order valence-electron chi connectivity index (χ2n) is 3.03. The molecular weight excluding hydrogens is 206 g/mol. The number of imidazole rings is 1. The Morgan fingerprint density at radius 1 is 1.38 bits per heavy atom. The molecule has 0 amide bonds. The summed E-state index contributed by atoms with van der Waals surface area (Å²) in [5, 5.41) is 0. The van der Waals surface area contributed by atoms with Crippen LogP contribution in [-0.4, -0.2) is 27.2 Å². The summed E-state index contributed by atoms with van der Waals surface area (Å²) in [4.78, 5) is 19.8. The molecule has 0 atom stereocenters. The number of hydrogen-bond donors (Lipinski definition) is 0. The van der Waals surface area contributed by atoms with E-state index in [0.717, 1.165) is 0 Å². The van der Waals surface area contributed by atoms with Gasteiger partial charge in [-0.1, -0.05) is 6.07 Å². The predicted molar refractivity (Wildman–Crippen MR) is 57.9 cm³/mol. The monoisotopic (exact) mass is 217 g/mol. The van der Waals surface area contributed by atoms with Gasteiger partial charge in [-0.2, -0.15) is 0 Å². The summed E-state index contributed by atoms with van der Waals surface area (Å²) in [5.41, 5.74) is 0.639. The molecule has 0 aliphatic heterocycles. The highest BCUT2D eigenvalue weighted by Crippen LogP contribution is 2.13. The Balaban J connectivity index is 2.37. The number of carbonyl (C=O) groups excluding carboxylic acids is 1. The minimum atomic E-state index is -0.444. The van der Waals surface area contributed by atoms with Gasteiger partial charge in [-0.3, -0.25) is 4.98 Å². The van der Waals surface area contributed by atoms with E-state index in [1.54, 1.807) is 37.6 Å². The Bertz CT molecular complexity index is 479. The number of carbonyl (C=O) groups is 1. The zero-order chi connectivity index (χ0) is 11.4. The second kappa shape index (κ2) is 4.57. The number of ether oxygens (including phenoxy) is 1. The molecule has 2 aromatic heterocycles. The second-order valence-corrected chi connectivity index (χ2v) is 3.03. The van der Waals surface area contributed by atoms with Crippen molar-refractivity contribution in [2.75, 3.05) is 6.61 Å². The molecule has 2 rings (SSSR count). The molecule has 0 fully saturated rings. The van der Waals surface area contributed by atoms with Gasteiger partial charge in [0.15, 0.2) is 5.82 Å². The lowest BCUT2D eigenvalue weighted by Gasteiger charge is -2.05. The zero-order valence-electron chi connectivity index (χ0n) is 8.83. The Kier molecular flexibility index (Phi) is 2.95. The van der Waals surface area contributed by atoms with Gasteiger partial charge < -0.3 is 4.74 Å². The third kappa shape index (κ3) is 1.93. The average molecular weight is 217 g/mol. The topological polar surface area (TPSA) is 57.0 Å². The summed E-state index contributed by atoms with van der Waals surface area (Å²) < 4.78 is 6.24. The molecule has 82 valence electrons. The molecule has 0 aromatic carbocycles. The Hall–Kier alpha value is -2.17. The van der Waals surface area contributed by atoms with Gasteiger partial charge in [0.05, 0.1) is 6.61 Å². The van der Waals surface area contributed by atoms with Crippen molar-refractivity contribution in [3.05, 3.63) is 36.8 Å². The predicted octanol–water partition coefficient (Wildman–Crippen LogP) is 1.95. The van der Waals surface area contributed by atoms with Crippen molar-refractivity contribution in [2.45, 2.75) is 6.92 Å². The van der Waals surface area contributed by atoms with E-state index in [9.17, 15) is 4.79 Å². The smallest absolute Gasteiger partial charge is 0.419 e. The van der Waals surface area contributed by atoms with Crippen LogP contribution in [0.15, 0.2) is 36.8 Å². The Morgan fingerprint density at radius 3 is 2.94 bits per heavy atom. The molecular formula is C11H11N3O2. The van der Waals surface area contributed by atoms with Crippen LogP contribution in [0.1, 0.15) is 6.92 Å². The number of aromatic nitrogens is 3. The third-order valence-corrected chi connectivity index (χ3v) is 2.00. The molecule has 0 spiro atoms. The van der Waals surface area contributed by atoms with Crippen molar-refractivity contribution in [3.8, 4) is 11.5 Å². The van der Waals surface area contributed by atoms with Crippen molar-refractivity contribution < 1.29 is 9.53 Å². The van der Waals surface area contributed by atoms with Crippen molar-refractivity contribution in [3.63, 3.8) is 0 Å². The van der Waals surface area contributed by atoms with E-state index in [1.165, 1.54) is 4.57 Å². The highest BCUT2D eigenvalue weighted by Gasteiger charge is 2.13. The van der Waals surface area contributed by atoms with E-state index in [-0.39, 0.29) is 0 Å². The molecule has 0 saturated heterocycles. The Morgan fingerprint density at radius 2 is 2.25 bits per heavy atom. The lowest BCUT2D eigenvalue weighted by Crippen LogP contribution is -2.14. The van der Waals surface area contributed by atoms with Gasteiger partial charge in [0.2, 0.25) is 0 Å². The number of nitrogens with zero attached hydrogens (tertiary/aromatic N) is 3. The maximum Gasteiger partial charge on any atom is 0.419 e. The molecule has 5 nitrogen and oxygen atoms in total. The molecule has 0 aliphatic carbocycles. The van der Waals surface area contributed by atoms with Crippen LogP contribution in [0.5, 0.6) is 0 Å². The minimum Gasteiger partial charge on any atom is -0.449 e. The van der Waals surface area contributed by atoms with Crippen LogP contribution in [0, 0.1) is 0 Å². The molecule has 0 bridgehead atoms. The Labute approximate surface area is 92.7 Å². The fraction of sp³-hybridized carbons (Fsp3) is 0.182. The minimum absolute atomic E-state index is 0.332. The van der Waals surface area contributed by atoms with Gasteiger partial charge in [-0.05, 0) is 19.1 Å². The molecule has 0 aliphatic rings. The SMILES string of the molecule is CCOC(=O)n1ccnc1-c1ccccn1. The van der Waals surface area contributed by atoms with E-state index in [2.05, 4.69) is 9.97 Å². The van der Waals surface area contributed by atoms with Crippen LogP contribution >= 0.6 is 0 Å². The standard InChI is InChI=1S/C11H11N3O2/c1-2-16-11(15)14-8-7-13-10(14)9-5-3-4-6-12-9/h3-8H,2H2,1H3. The van der Waals surface area contributed by atoms with Crippen LogP contribution in [0.25, 0.3) is 11.5 Å². The van der Waals surface area contributed by atoms with Gasteiger partial charge in [-0.15, -0.1) is 0 Å². The van der Waals surface area contributed by atoms with Crippen LogP contribution in [0.4, 0.5) is 4.79 Å². The summed E-state index contributed by atoms with van der Waals surface area (Å²) in [6, 6.07) is 5.44. The van der Waals surface area contributed by atoms with Crippen molar-refractivity contribution in [2.24, 2.45) is 0 Å². The molecule has 2 aromatic rings. The van der Waals surface area contributed by atoms with E-state index in [0.29, 0.717) is 18.1 Å². The van der Waals surface area contributed by atoms with Gasteiger partial charge in [0.1, 0.15) is 5.69 Å². The third-order valence-electron chi connectivity index (χ3n) is 2.00. The first-order valence-corrected chi connectivity index (χ1v) is 4.95. The van der Waals surface area contributed by atoms with E-state index >= 15 is 0 Å². The normalized spacial score (nSPS) is 10.1. The fourth-order valence-corrected chi connectivity index (χ4v) is 1.33. The van der Waals surface area contributed by atoms with Crippen LogP contribution < -0.4 is 0 Å². The first kappa shape index (κ1) is 10.4. The molecule has 0 N–H and O–H groups in total. The molecule has 0 saturated carbocycles. The summed E-state index contributed by atoms with van der Waals surface area (Å²) >= 11 is 0. The summed E-state index contributed by atoms with van der Waals surface area (Å²) in [6.07, 6.45) is 4.31. The largest absolute Gasteiger partial charge is 0.449 e. The number of pyridine rings is 1. The first-order chi connectivity index (χ1) is 7.83. The lowest BCUT2D eigenvalue weighted by molar-refractivity contribution is 0.154. The highest BCUT2D eigenvalue weighted by molar-refractivity contribution is 5.75. The van der Waals surface area contributed by atoms with Crippen molar-refractivity contribution in [1.82, 2.24) is 14.5 Å². The van der Waals surface area contributed by atoms with Crippen LogP contribution in [0.3, 0.4) is 0 Å². The first-order valence-electron chi connectivity index (χ1n) is 4.95. The van der Waals surface area contributed by atoms with Gasteiger partial charge >= 0.3 is 6.09 Å². The maximum atomic E-state index is 11.6. The van der Waals surface area contributed by atoms with Gasteiger partial charge in [0.25, 0.3) is 0 Å². The van der Waals surface area contributed by atoms with Gasteiger partial charge in [-0.25, -0.2) is 14.3 Å². The molecule has 5 heteroatoms. The van der Waals surface area contributed by atoms with Crippen molar-refractivity contribution >= 4 is 6.09 Å². The highest BCUT2D eigenvalue weighted by atomic mass is 16.5. The van der Waals surface area contributed by atoms with Crippen LogP contribution in [0.2, 0.25) is 0 Å². The number of rotatable bonds is 2. The van der Waals surface area contributed by atoms with E-state index in [1.807, 2.05) is 6.07 Å². The summed E-state index contributed by atoms with van der Waals surface area (Å²) in [7, 11) is 0. The molecule has 0 radical (unpaired) electrons. The van der Waals surface area contributed by atoms with Crippen LogP contribution in [-0.2, 0) is 4.74 Å². The van der Waals surface area contributed by atoms with E-state index in [4.69, 9.17) is 4.74 Å². The number of hydrogen-bond acceptors (Lipinski definition) is 4. The average Bonchev–Trinajstić information content (AvgIpc) is 2.79. The quantitative estimate of drug-likeness (QED) is 0.771. The van der Waals surface area contributed by atoms with Gasteiger partial charge in [0, 0.05) is 18.6 Å². The summed E-state index contributed by atoms with van der Waals surface area (Å²) in [6.45, 7) is 2.09. The summed E-state index contributed by atoms with van der Waals surface area (Å²) in [5.74, 6) is 0.485. The van der Waals surface area contributed by atoms with Crippen molar-refractivity contribution in [1.29, 1.82) is 0 Å². The maximum absolute atomic E-state index is 11.6. The molecule has 0 unspecified atom stereocenters. The zero-order valence-corrected chi connectivity index (χ0v) is 8.83. The molecule has 2 heterocycles.